The van der Waals surface area contributed by atoms with Crippen molar-refractivity contribution in [1.82, 2.24) is 4.57 Å². The summed E-state index contributed by atoms with van der Waals surface area (Å²) in [5.41, 5.74) is 2.54. The largest absolute Gasteiger partial charge is 0.406 e. The van der Waals surface area contributed by atoms with Crippen LogP contribution < -0.4 is 15.8 Å². The van der Waals surface area contributed by atoms with Gasteiger partial charge >= 0.3 is 6.18 Å². The second-order valence-electron chi connectivity index (χ2n) is 7.60. The quantitative estimate of drug-likeness (QED) is 0.275. The fourth-order valence-corrected chi connectivity index (χ4v) is 3.86. The number of halogens is 3. The maximum absolute atomic E-state index is 13.3. The number of alkyl halides is 3. The first-order chi connectivity index (χ1) is 15.3. The topological polar surface area (TPSA) is 55.0 Å². The second kappa shape index (κ2) is 10.7. The van der Waals surface area contributed by atoms with Crippen LogP contribution in [0.5, 0.6) is 0 Å². The van der Waals surface area contributed by atoms with Crippen LogP contribution in [0.15, 0.2) is 53.4 Å². The lowest BCUT2D eigenvalue weighted by molar-refractivity contribution is -0.140. The van der Waals surface area contributed by atoms with E-state index in [1.807, 2.05) is 30.3 Å². The summed E-state index contributed by atoms with van der Waals surface area (Å²) >= 11 is 1.16. The highest BCUT2D eigenvalue weighted by atomic mass is 32.2. The molecule has 0 saturated heterocycles. The van der Waals surface area contributed by atoms with Crippen molar-refractivity contribution in [2.24, 2.45) is 5.14 Å². The first-order valence-electron chi connectivity index (χ1n) is 10.5. The molecule has 0 fully saturated rings. The summed E-state index contributed by atoms with van der Waals surface area (Å²) in [6, 6.07) is 14.9. The number of anilines is 2. The minimum Gasteiger partial charge on any atom is -0.382 e. The molecule has 0 bridgehead atoms. The molecule has 4 N–H and O–H groups in total. The molecule has 0 radical (unpaired) electrons. The fourth-order valence-electron chi connectivity index (χ4n) is 3.57. The highest BCUT2D eigenvalue weighted by Crippen LogP contribution is 2.30. The number of hydrogen-bond donors (Lipinski definition) is 3. The first kappa shape index (κ1) is 23.9. The van der Waals surface area contributed by atoms with Crippen molar-refractivity contribution in [3.8, 4) is 11.8 Å². The second-order valence-corrected chi connectivity index (χ2v) is 8.31. The maximum atomic E-state index is 13.3. The van der Waals surface area contributed by atoms with Gasteiger partial charge in [-0.05, 0) is 73.7 Å². The zero-order valence-electron chi connectivity index (χ0n) is 18.1. The fraction of sp³-hybridized carbons (Fsp3) is 0.333. The normalized spacial score (nSPS) is 12.3. The van der Waals surface area contributed by atoms with Crippen molar-refractivity contribution in [2.45, 2.75) is 50.3 Å². The number of nitrogens with zero attached hydrogens (tertiary/aromatic N) is 1. The van der Waals surface area contributed by atoms with Gasteiger partial charge in [-0.1, -0.05) is 25.3 Å². The Labute approximate surface area is 190 Å². The van der Waals surface area contributed by atoms with Gasteiger partial charge in [-0.2, -0.15) is 13.2 Å². The van der Waals surface area contributed by atoms with Crippen LogP contribution in [-0.2, 0) is 6.54 Å². The molecular weight excluding hydrogens is 433 g/mol. The Morgan fingerprint density at radius 2 is 1.91 bits per heavy atom. The molecule has 3 rings (SSSR count). The van der Waals surface area contributed by atoms with E-state index in [0.29, 0.717) is 17.8 Å². The molecule has 0 saturated carbocycles. The standard InChI is InChI=1S/C24H27F3N4S/c1-3-6-17(2)30-22-8-4-9-23-21(22)15-19(31(23)16-24(25,26)27)7-5-14-29-18-10-12-20(32-28)13-11-18/h4,8-13,15,17,29-30H,3,6,14,16,28H2,1-2H3. The molecule has 1 aromatic heterocycles. The number of hydrogen-bond acceptors (Lipinski definition) is 4. The average Bonchev–Trinajstić information content (AvgIpc) is 3.09. The molecule has 0 aliphatic rings. The van der Waals surface area contributed by atoms with Crippen LogP contribution in [0, 0.1) is 11.8 Å². The van der Waals surface area contributed by atoms with Crippen molar-refractivity contribution >= 4 is 34.2 Å². The highest BCUT2D eigenvalue weighted by Gasteiger charge is 2.30. The van der Waals surface area contributed by atoms with Crippen molar-refractivity contribution in [3.63, 3.8) is 0 Å². The molecule has 0 amide bonds. The molecule has 0 aliphatic carbocycles. The van der Waals surface area contributed by atoms with Gasteiger partial charge in [0.05, 0.1) is 17.8 Å². The predicted octanol–water partition coefficient (Wildman–Crippen LogP) is 6.23. The van der Waals surface area contributed by atoms with Crippen LogP contribution in [0.3, 0.4) is 0 Å². The molecule has 2 aromatic carbocycles. The Morgan fingerprint density at radius 3 is 2.56 bits per heavy atom. The van der Waals surface area contributed by atoms with Gasteiger partial charge in [-0.15, -0.1) is 0 Å². The van der Waals surface area contributed by atoms with Crippen LogP contribution in [-0.4, -0.2) is 23.3 Å². The van der Waals surface area contributed by atoms with Crippen molar-refractivity contribution in [3.05, 3.63) is 54.2 Å². The van der Waals surface area contributed by atoms with E-state index in [4.69, 9.17) is 5.14 Å². The molecular formula is C24H27F3N4S. The lowest BCUT2D eigenvalue weighted by Crippen LogP contribution is -2.18. The van der Waals surface area contributed by atoms with E-state index < -0.39 is 12.7 Å². The number of aromatic nitrogens is 1. The molecule has 0 aliphatic heterocycles. The van der Waals surface area contributed by atoms with Crippen LogP contribution in [0.25, 0.3) is 10.9 Å². The summed E-state index contributed by atoms with van der Waals surface area (Å²) in [7, 11) is 0. The number of fused-ring (bicyclic) bond motifs is 1. The third kappa shape index (κ3) is 6.38. The van der Waals surface area contributed by atoms with Gasteiger partial charge in [0.2, 0.25) is 0 Å². The maximum Gasteiger partial charge on any atom is 0.406 e. The number of nitrogens with two attached hydrogens (primary N) is 1. The zero-order valence-corrected chi connectivity index (χ0v) is 18.9. The minimum absolute atomic E-state index is 0.222. The summed E-state index contributed by atoms with van der Waals surface area (Å²) in [4.78, 5) is 0.941. The van der Waals surface area contributed by atoms with Crippen molar-refractivity contribution < 1.29 is 13.2 Å². The molecule has 3 aromatic rings. The Hall–Kier alpha value is -2.76. The van der Waals surface area contributed by atoms with E-state index in [1.165, 1.54) is 4.57 Å². The van der Waals surface area contributed by atoms with E-state index >= 15 is 0 Å². The Kier molecular flexibility index (Phi) is 7.99. The van der Waals surface area contributed by atoms with Crippen LogP contribution in [0.2, 0.25) is 0 Å². The van der Waals surface area contributed by atoms with E-state index in [1.54, 1.807) is 18.2 Å². The van der Waals surface area contributed by atoms with Crippen LogP contribution in [0.1, 0.15) is 32.4 Å². The molecule has 1 unspecified atom stereocenters. The predicted molar refractivity (Wildman–Crippen MR) is 128 cm³/mol. The average molecular weight is 461 g/mol. The van der Waals surface area contributed by atoms with Crippen molar-refractivity contribution in [1.29, 1.82) is 0 Å². The van der Waals surface area contributed by atoms with E-state index in [-0.39, 0.29) is 6.04 Å². The van der Waals surface area contributed by atoms with Gasteiger partial charge in [0.25, 0.3) is 0 Å². The van der Waals surface area contributed by atoms with E-state index in [0.717, 1.165) is 46.4 Å². The minimum atomic E-state index is -4.34. The van der Waals surface area contributed by atoms with Crippen LogP contribution in [0.4, 0.5) is 24.5 Å². The molecule has 1 atom stereocenters. The smallest absolute Gasteiger partial charge is 0.382 e. The molecule has 0 spiro atoms. The molecule has 8 heteroatoms. The lowest BCUT2D eigenvalue weighted by Gasteiger charge is -2.16. The summed E-state index contributed by atoms with van der Waals surface area (Å²) in [5, 5.41) is 12.8. The SMILES string of the molecule is CCCC(C)Nc1cccc2c1cc(C#CCNc1ccc(SN)cc1)n2CC(F)(F)F. The number of nitrogens with one attached hydrogen (secondary N) is 2. The Morgan fingerprint density at radius 1 is 1.16 bits per heavy atom. The summed E-state index contributed by atoms with van der Waals surface area (Å²) in [6.45, 7) is 3.40. The number of benzene rings is 2. The molecule has 1 heterocycles. The third-order valence-corrected chi connectivity index (χ3v) is 5.54. The van der Waals surface area contributed by atoms with Gasteiger partial charge in [0.15, 0.2) is 0 Å². The van der Waals surface area contributed by atoms with Crippen LogP contribution >= 0.6 is 11.9 Å². The third-order valence-electron chi connectivity index (χ3n) is 4.99. The monoisotopic (exact) mass is 460 g/mol. The molecule has 4 nitrogen and oxygen atoms in total. The Balaban J connectivity index is 1.87. The van der Waals surface area contributed by atoms with E-state index in [2.05, 4.69) is 36.3 Å². The summed E-state index contributed by atoms with van der Waals surface area (Å²) in [6.07, 6.45) is -2.35. The van der Waals surface area contributed by atoms with Gasteiger partial charge < -0.3 is 15.2 Å². The van der Waals surface area contributed by atoms with Gasteiger partial charge in [0.1, 0.15) is 6.54 Å². The van der Waals surface area contributed by atoms with Gasteiger partial charge in [0, 0.05) is 27.7 Å². The number of rotatable bonds is 8. The lowest BCUT2D eigenvalue weighted by atomic mass is 10.1. The first-order valence-corrected chi connectivity index (χ1v) is 11.3. The zero-order chi connectivity index (χ0) is 23.1. The highest BCUT2D eigenvalue weighted by molar-refractivity contribution is 7.97. The molecule has 32 heavy (non-hydrogen) atoms. The molecule has 170 valence electrons. The van der Waals surface area contributed by atoms with Gasteiger partial charge in [-0.3, -0.25) is 5.14 Å². The Bertz CT molecular complexity index is 1090. The summed E-state index contributed by atoms with van der Waals surface area (Å²) < 4.78 is 41.1. The summed E-state index contributed by atoms with van der Waals surface area (Å²) in [5.74, 6) is 5.87. The van der Waals surface area contributed by atoms with Gasteiger partial charge in [-0.25, -0.2) is 0 Å². The van der Waals surface area contributed by atoms with Crippen molar-refractivity contribution in [2.75, 3.05) is 17.2 Å². The van der Waals surface area contributed by atoms with E-state index in [9.17, 15) is 13.2 Å².